The van der Waals surface area contributed by atoms with Crippen molar-refractivity contribution in [3.05, 3.63) is 0 Å². The molecular weight excluding hydrogens is 261 g/mol. The van der Waals surface area contributed by atoms with Gasteiger partial charge in [0, 0.05) is 13.1 Å². The number of likely N-dealkylation sites (tertiary alicyclic amines) is 1. The van der Waals surface area contributed by atoms with E-state index in [-0.39, 0.29) is 18.4 Å². The second kappa shape index (κ2) is 7.09. The molecule has 0 radical (unpaired) electrons. The Hall–Kier alpha value is -0.820. The maximum atomic E-state index is 12.6. The van der Waals surface area contributed by atoms with Crippen LogP contribution in [0.2, 0.25) is 0 Å². The van der Waals surface area contributed by atoms with Gasteiger partial charge in [0.2, 0.25) is 0 Å². The SMILES string of the molecule is CCOC(=O)C1CCN(CC(CN)C(F)(F)F)CC1. The lowest BCUT2D eigenvalue weighted by Gasteiger charge is -2.33. The fourth-order valence-corrected chi connectivity index (χ4v) is 2.23. The topological polar surface area (TPSA) is 55.6 Å². The minimum absolute atomic E-state index is 0.0878. The number of ether oxygens (including phenoxy) is 1. The summed E-state index contributed by atoms with van der Waals surface area (Å²) in [4.78, 5) is 13.2. The molecule has 1 atom stereocenters. The number of carbonyl (C=O) groups is 1. The molecule has 19 heavy (non-hydrogen) atoms. The van der Waals surface area contributed by atoms with Gasteiger partial charge in [0.15, 0.2) is 0 Å². The molecule has 112 valence electrons. The Bertz CT molecular complexity index is 289. The van der Waals surface area contributed by atoms with Crippen LogP contribution >= 0.6 is 0 Å². The number of carbonyl (C=O) groups excluding carboxylic acids is 1. The van der Waals surface area contributed by atoms with Crippen LogP contribution in [-0.2, 0) is 9.53 Å². The van der Waals surface area contributed by atoms with E-state index in [1.54, 1.807) is 11.8 Å². The Labute approximate surface area is 111 Å². The van der Waals surface area contributed by atoms with Crippen LogP contribution in [-0.4, -0.2) is 49.8 Å². The van der Waals surface area contributed by atoms with Gasteiger partial charge in [-0.25, -0.2) is 0 Å². The Balaban J connectivity index is 2.39. The van der Waals surface area contributed by atoms with Crippen molar-refractivity contribution in [3.8, 4) is 0 Å². The van der Waals surface area contributed by atoms with Crippen LogP contribution < -0.4 is 5.73 Å². The predicted molar refractivity (Wildman–Crippen MR) is 64.4 cm³/mol. The third-order valence-corrected chi connectivity index (χ3v) is 3.43. The summed E-state index contributed by atoms with van der Waals surface area (Å²) < 4.78 is 42.7. The summed E-state index contributed by atoms with van der Waals surface area (Å²) in [5.74, 6) is -1.92. The molecule has 1 unspecified atom stereocenters. The zero-order valence-corrected chi connectivity index (χ0v) is 11.1. The summed E-state index contributed by atoms with van der Waals surface area (Å²) in [6.45, 7) is 2.55. The summed E-state index contributed by atoms with van der Waals surface area (Å²) >= 11 is 0. The van der Waals surface area contributed by atoms with Gasteiger partial charge in [-0.1, -0.05) is 0 Å². The summed E-state index contributed by atoms with van der Waals surface area (Å²) in [6.07, 6.45) is -3.16. The highest BCUT2D eigenvalue weighted by molar-refractivity contribution is 5.72. The van der Waals surface area contributed by atoms with E-state index in [1.807, 2.05) is 0 Å². The Kier molecular flexibility index (Phi) is 6.06. The van der Waals surface area contributed by atoms with Gasteiger partial charge < -0.3 is 15.4 Å². The fraction of sp³-hybridized carbons (Fsp3) is 0.917. The predicted octanol–water partition coefficient (Wildman–Crippen LogP) is 1.40. The molecule has 0 aromatic rings. The molecule has 0 aliphatic carbocycles. The smallest absolute Gasteiger partial charge is 0.394 e. The number of alkyl halides is 3. The van der Waals surface area contributed by atoms with Crippen molar-refractivity contribution < 1.29 is 22.7 Å². The average molecular weight is 282 g/mol. The molecule has 4 nitrogen and oxygen atoms in total. The summed E-state index contributed by atoms with van der Waals surface area (Å²) in [7, 11) is 0. The first kappa shape index (κ1) is 16.2. The van der Waals surface area contributed by atoms with Crippen molar-refractivity contribution in [2.24, 2.45) is 17.6 Å². The second-order valence-corrected chi connectivity index (χ2v) is 4.80. The monoisotopic (exact) mass is 282 g/mol. The van der Waals surface area contributed by atoms with Gasteiger partial charge in [0.25, 0.3) is 0 Å². The van der Waals surface area contributed by atoms with Crippen LogP contribution in [0.3, 0.4) is 0 Å². The molecule has 0 bridgehead atoms. The molecule has 1 aliphatic heterocycles. The van der Waals surface area contributed by atoms with Crippen molar-refractivity contribution in [1.29, 1.82) is 0 Å². The third-order valence-electron chi connectivity index (χ3n) is 3.43. The third kappa shape index (κ3) is 4.99. The lowest BCUT2D eigenvalue weighted by atomic mass is 9.96. The summed E-state index contributed by atoms with van der Waals surface area (Å²) in [6, 6.07) is 0. The minimum atomic E-state index is -4.26. The van der Waals surface area contributed by atoms with E-state index < -0.39 is 18.6 Å². The van der Waals surface area contributed by atoms with Gasteiger partial charge in [-0.05, 0) is 32.9 Å². The van der Waals surface area contributed by atoms with Crippen LogP contribution in [0.15, 0.2) is 0 Å². The van der Waals surface area contributed by atoms with Crippen molar-refractivity contribution in [2.75, 3.05) is 32.8 Å². The van der Waals surface area contributed by atoms with Gasteiger partial charge in [-0.3, -0.25) is 4.79 Å². The molecule has 1 aliphatic rings. The first-order valence-corrected chi connectivity index (χ1v) is 6.54. The molecule has 1 heterocycles. The van der Waals surface area contributed by atoms with E-state index in [9.17, 15) is 18.0 Å². The van der Waals surface area contributed by atoms with E-state index in [0.29, 0.717) is 32.5 Å². The van der Waals surface area contributed by atoms with E-state index >= 15 is 0 Å². The highest BCUT2D eigenvalue weighted by Gasteiger charge is 2.40. The fourth-order valence-electron chi connectivity index (χ4n) is 2.23. The molecule has 1 saturated heterocycles. The molecule has 1 fully saturated rings. The molecule has 0 aromatic carbocycles. The number of hydrogen-bond donors (Lipinski definition) is 1. The van der Waals surface area contributed by atoms with Gasteiger partial charge in [-0.2, -0.15) is 13.2 Å². The largest absolute Gasteiger partial charge is 0.466 e. The number of nitrogens with two attached hydrogens (primary N) is 1. The normalized spacial score (nSPS) is 20.3. The first-order valence-electron chi connectivity index (χ1n) is 6.54. The molecule has 0 spiro atoms. The van der Waals surface area contributed by atoms with Crippen molar-refractivity contribution in [1.82, 2.24) is 4.90 Å². The van der Waals surface area contributed by atoms with Gasteiger partial charge >= 0.3 is 12.1 Å². The second-order valence-electron chi connectivity index (χ2n) is 4.80. The maximum absolute atomic E-state index is 12.6. The van der Waals surface area contributed by atoms with Crippen LogP contribution in [0, 0.1) is 11.8 Å². The molecule has 7 heteroatoms. The zero-order chi connectivity index (χ0) is 14.5. The first-order chi connectivity index (χ1) is 8.88. The molecule has 2 N–H and O–H groups in total. The summed E-state index contributed by atoms with van der Waals surface area (Å²) in [5, 5.41) is 0. The van der Waals surface area contributed by atoms with Crippen LogP contribution in [0.4, 0.5) is 13.2 Å². The minimum Gasteiger partial charge on any atom is -0.466 e. The van der Waals surface area contributed by atoms with Crippen LogP contribution in [0.1, 0.15) is 19.8 Å². The highest BCUT2D eigenvalue weighted by Crippen LogP contribution is 2.28. The molecule has 0 amide bonds. The number of nitrogens with zero attached hydrogens (tertiary/aromatic N) is 1. The van der Waals surface area contributed by atoms with Crippen LogP contribution in [0.5, 0.6) is 0 Å². The average Bonchev–Trinajstić information content (AvgIpc) is 2.35. The van der Waals surface area contributed by atoms with Gasteiger partial charge in [0.05, 0.1) is 18.4 Å². The van der Waals surface area contributed by atoms with E-state index in [4.69, 9.17) is 10.5 Å². The van der Waals surface area contributed by atoms with Crippen molar-refractivity contribution in [2.45, 2.75) is 25.9 Å². The van der Waals surface area contributed by atoms with Crippen molar-refractivity contribution >= 4 is 5.97 Å². The Morgan fingerprint density at radius 1 is 1.42 bits per heavy atom. The van der Waals surface area contributed by atoms with Crippen LogP contribution in [0.25, 0.3) is 0 Å². The van der Waals surface area contributed by atoms with Crippen molar-refractivity contribution in [3.63, 3.8) is 0 Å². The standard InChI is InChI=1S/C12H21F3N2O2/c1-2-19-11(18)9-3-5-17(6-4-9)8-10(7-16)12(13,14)15/h9-10H,2-8,16H2,1H3. The number of piperidine rings is 1. The summed E-state index contributed by atoms with van der Waals surface area (Å²) in [5.41, 5.74) is 5.17. The lowest BCUT2D eigenvalue weighted by molar-refractivity contribution is -0.177. The van der Waals surface area contributed by atoms with Gasteiger partial charge in [-0.15, -0.1) is 0 Å². The number of hydrogen-bond acceptors (Lipinski definition) is 4. The Morgan fingerprint density at radius 2 is 2.00 bits per heavy atom. The maximum Gasteiger partial charge on any atom is 0.394 e. The highest BCUT2D eigenvalue weighted by atomic mass is 19.4. The van der Waals surface area contributed by atoms with E-state index in [0.717, 1.165) is 0 Å². The zero-order valence-electron chi connectivity index (χ0n) is 11.1. The number of esters is 1. The molecule has 0 aromatic heterocycles. The molecule has 0 saturated carbocycles. The Morgan fingerprint density at radius 3 is 2.42 bits per heavy atom. The van der Waals surface area contributed by atoms with E-state index in [2.05, 4.69) is 0 Å². The number of halogens is 3. The van der Waals surface area contributed by atoms with Gasteiger partial charge in [0.1, 0.15) is 0 Å². The molecular formula is C12H21F3N2O2. The van der Waals surface area contributed by atoms with E-state index in [1.165, 1.54) is 0 Å². The molecule has 1 rings (SSSR count). The lowest BCUT2D eigenvalue weighted by Crippen LogP contribution is -2.44. The number of rotatable bonds is 5. The quantitative estimate of drug-likeness (QED) is 0.774.